The molecule has 2 aromatic rings. The molecule has 1 heterocycles. The second kappa shape index (κ2) is 7.39. The number of nitriles is 1. The maximum Gasteiger partial charge on any atom is 0.166 e. The zero-order chi connectivity index (χ0) is 16.9. The molecular weight excluding hydrogens is 305 g/mol. The third kappa shape index (κ3) is 3.88. The largest absolute Gasteiger partial charge is 0.490 e. The maximum absolute atomic E-state index is 13.8. The minimum absolute atomic E-state index is 0.220. The Hall–Kier alpha value is -2.48. The maximum atomic E-state index is 13.8. The van der Waals surface area contributed by atoms with Crippen molar-refractivity contribution in [3.63, 3.8) is 0 Å². The molecule has 0 amide bonds. The second-order valence-electron chi connectivity index (χ2n) is 6.40. The lowest BCUT2D eigenvalue weighted by molar-refractivity contribution is 0.192. The molecule has 1 fully saturated rings. The molecule has 0 N–H and O–H groups in total. The van der Waals surface area contributed by atoms with Crippen molar-refractivity contribution in [2.45, 2.75) is 38.5 Å². The fourth-order valence-corrected chi connectivity index (χ4v) is 3.10. The summed E-state index contributed by atoms with van der Waals surface area (Å²) in [5.74, 6) is 1.50. The smallest absolute Gasteiger partial charge is 0.166 e. The average molecular weight is 325 g/mol. The molecule has 1 aliphatic rings. The van der Waals surface area contributed by atoms with Gasteiger partial charge in [0.25, 0.3) is 0 Å². The molecule has 1 aliphatic carbocycles. The molecule has 1 aromatic carbocycles. The molecule has 0 saturated heterocycles. The lowest BCUT2D eigenvalue weighted by atomic mass is 9.82. The first-order valence-corrected chi connectivity index (χ1v) is 8.26. The van der Waals surface area contributed by atoms with E-state index in [9.17, 15) is 4.39 Å². The molecule has 1 aromatic heterocycles. The van der Waals surface area contributed by atoms with Crippen molar-refractivity contribution >= 4 is 0 Å². The van der Waals surface area contributed by atoms with Crippen molar-refractivity contribution in [3.8, 4) is 11.8 Å². The number of hydrogen-bond donors (Lipinski definition) is 0. The summed E-state index contributed by atoms with van der Waals surface area (Å²) in [6.45, 7) is 2.49. The Morgan fingerprint density at radius 3 is 2.54 bits per heavy atom. The molecule has 0 atom stereocenters. The summed E-state index contributed by atoms with van der Waals surface area (Å²) in [5.41, 5.74) is 1.38. The Morgan fingerprint density at radius 2 is 1.92 bits per heavy atom. The number of nitrogens with zero attached hydrogens (tertiary/aromatic N) is 3. The van der Waals surface area contributed by atoms with Gasteiger partial charge in [-0.15, -0.1) is 0 Å². The predicted octanol–water partition coefficient (Wildman–Crippen LogP) is 4.15. The highest BCUT2D eigenvalue weighted by molar-refractivity contribution is 5.35. The molecule has 1 saturated carbocycles. The highest BCUT2D eigenvalue weighted by atomic mass is 19.1. The van der Waals surface area contributed by atoms with E-state index in [4.69, 9.17) is 10.00 Å². The normalized spacial score (nSPS) is 20.4. The molecule has 4 nitrogen and oxygen atoms in total. The van der Waals surface area contributed by atoms with Crippen LogP contribution in [0.4, 0.5) is 4.39 Å². The molecule has 5 heteroatoms. The van der Waals surface area contributed by atoms with E-state index in [0.29, 0.717) is 24.0 Å². The van der Waals surface area contributed by atoms with Crippen molar-refractivity contribution in [2.24, 2.45) is 5.92 Å². The predicted molar refractivity (Wildman–Crippen MR) is 88.1 cm³/mol. The first-order chi connectivity index (χ1) is 11.7. The average Bonchev–Trinajstić information content (AvgIpc) is 2.62. The van der Waals surface area contributed by atoms with Gasteiger partial charge in [0.2, 0.25) is 0 Å². The Kier molecular flexibility index (Phi) is 5.05. The minimum atomic E-state index is -0.476. The summed E-state index contributed by atoms with van der Waals surface area (Å²) in [6.07, 6.45) is 7.86. The summed E-state index contributed by atoms with van der Waals surface area (Å²) in [6, 6.07) is 6.23. The quantitative estimate of drug-likeness (QED) is 0.847. The van der Waals surface area contributed by atoms with Crippen LogP contribution in [0.25, 0.3) is 0 Å². The lowest BCUT2D eigenvalue weighted by Crippen LogP contribution is -2.20. The first-order valence-electron chi connectivity index (χ1n) is 8.26. The molecule has 0 radical (unpaired) electrons. The fraction of sp³-hybridized carbons (Fsp3) is 0.421. The molecule has 3 rings (SSSR count). The van der Waals surface area contributed by atoms with Crippen LogP contribution < -0.4 is 4.74 Å². The van der Waals surface area contributed by atoms with Crippen LogP contribution in [0.1, 0.15) is 48.6 Å². The van der Waals surface area contributed by atoms with Crippen LogP contribution in [0.3, 0.4) is 0 Å². The van der Waals surface area contributed by atoms with Gasteiger partial charge in [-0.3, -0.25) is 0 Å². The van der Waals surface area contributed by atoms with Crippen molar-refractivity contribution in [1.82, 2.24) is 9.97 Å². The lowest BCUT2D eigenvalue weighted by Gasteiger charge is -2.27. The van der Waals surface area contributed by atoms with Gasteiger partial charge >= 0.3 is 0 Å². The molecular formula is C19H20FN3O. The summed E-state index contributed by atoms with van der Waals surface area (Å²) in [5, 5.41) is 8.75. The summed E-state index contributed by atoms with van der Waals surface area (Å²) >= 11 is 0. The number of aryl methyl sites for hydroxylation is 1. The topological polar surface area (TPSA) is 58.8 Å². The Bertz CT molecular complexity index is 731. The van der Waals surface area contributed by atoms with Gasteiger partial charge in [-0.25, -0.2) is 14.4 Å². The van der Waals surface area contributed by atoms with Gasteiger partial charge in [0.1, 0.15) is 5.82 Å². The van der Waals surface area contributed by atoms with Gasteiger partial charge in [-0.1, -0.05) is 0 Å². The first kappa shape index (κ1) is 16.4. The fourth-order valence-electron chi connectivity index (χ4n) is 3.10. The molecule has 0 spiro atoms. The number of benzene rings is 1. The molecule has 0 aliphatic heterocycles. The van der Waals surface area contributed by atoms with E-state index in [0.717, 1.165) is 37.1 Å². The highest BCUT2D eigenvalue weighted by Gasteiger charge is 2.24. The van der Waals surface area contributed by atoms with Crippen LogP contribution in [0.15, 0.2) is 30.6 Å². The molecule has 0 unspecified atom stereocenters. The van der Waals surface area contributed by atoms with Gasteiger partial charge in [-0.2, -0.15) is 5.26 Å². The number of halogens is 1. The third-order valence-electron chi connectivity index (χ3n) is 4.55. The van der Waals surface area contributed by atoms with E-state index in [-0.39, 0.29) is 5.75 Å². The Morgan fingerprint density at radius 1 is 1.21 bits per heavy atom. The SMILES string of the molecule is Cc1cnc(C2CCC(COc3ccc(C#N)cc3F)CC2)nc1. The van der Waals surface area contributed by atoms with Crippen molar-refractivity contribution in [1.29, 1.82) is 5.26 Å². The van der Waals surface area contributed by atoms with Crippen molar-refractivity contribution in [2.75, 3.05) is 6.61 Å². The zero-order valence-electron chi connectivity index (χ0n) is 13.7. The Balaban J connectivity index is 1.51. The second-order valence-corrected chi connectivity index (χ2v) is 6.40. The highest BCUT2D eigenvalue weighted by Crippen LogP contribution is 2.34. The number of rotatable bonds is 4. The van der Waals surface area contributed by atoms with Crippen LogP contribution in [0, 0.1) is 30.0 Å². The summed E-state index contributed by atoms with van der Waals surface area (Å²) in [7, 11) is 0. The van der Waals surface area contributed by atoms with E-state index >= 15 is 0 Å². The van der Waals surface area contributed by atoms with Crippen LogP contribution in [-0.4, -0.2) is 16.6 Å². The van der Waals surface area contributed by atoms with Crippen molar-refractivity contribution in [3.05, 3.63) is 53.4 Å². The van der Waals surface area contributed by atoms with Gasteiger partial charge in [0, 0.05) is 18.3 Å². The summed E-state index contributed by atoms with van der Waals surface area (Å²) < 4.78 is 19.4. The van der Waals surface area contributed by atoms with E-state index in [1.165, 1.54) is 12.1 Å². The third-order valence-corrected chi connectivity index (χ3v) is 4.55. The van der Waals surface area contributed by atoms with Gasteiger partial charge in [0.05, 0.1) is 18.2 Å². The monoisotopic (exact) mass is 325 g/mol. The van der Waals surface area contributed by atoms with Crippen LogP contribution in [0.5, 0.6) is 5.75 Å². The molecule has 124 valence electrons. The standard InChI is InChI=1S/C19H20FN3O/c1-13-10-22-19(23-11-13)16-5-2-14(3-6-16)12-24-18-7-4-15(9-21)8-17(18)20/h4,7-8,10-11,14,16H,2-3,5-6,12H2,1H3. The molecule has 0 bridgehead atoms. The minimum Gasteiger partial charge on any atom is -0.490 e. The van der Waals surface area contributed by atoms with E-state index in [2.05, 4.69) is 9.97 Å². The number of aromatic nitrogens is 2. The van der Waals surface area contributed by atoms with E-state index in [1.807, 2.05) is 25.4 Å². The van der Waals surface area contributed by atoms with Gasteiger partial charge in [0.15, 0.2) is 11.6 Å². The van der Waals surface area contributed by atoms with Crippen molar-refractivity contribution < 1.29 is 9.13 Å². The molecule has 24 heavy (non-hydrogen) atoms. The Labute approximate surface area is 141 Å². The summed E-state index contributed by atoms with van der Waals surface area (Å²) in [4.78, 5) is 8.86. The van der Waals surface area contributed by atoms with Gasteiger partial charge < -0.3 is 4.74 Å². The van der Waals surface area contributed by atoms with Crippen LogP contribution in [-0.2, 0) is 0 Å². The number of ether oxygens (including phenoxy) is 1. The number of hydrogen-bond acceptors (Lipinski definition) is 4. The van der Waals surface area contributed by atoms with Crippen LogP contribution >= 0.6 is 0 Å². The van der Waals surface area contributed by atoms with E-state index in [1.54, 1.807) is 6.07 Å². The van der Waals surface area contributed by atoms with E-state index < -0.39 is 5.82 Å². The zero-order valence-corrected chi connectivity index (χ0v) is 13.7. The van der Waals surface area contributed by atoms with Crippen LogP contribution in [0.2, 0.25) is 0 Å². The van der Waals surface area contributed by atoms with Gasteiger partial charge in [-0.05, 0) is 62.3 Å².